The van der Waals surface area contributed by atoms with Crippen LogP contribution in [0.5, 0.6) is 0 Å². The number of nitrogen functional groups attached to an aromatic ring is 1. The zero-order chi connectivity index (χ0) is 17.8. The number of Topliss-reactive ketones (excluding diaryl/α,β-unsaturated/α-hetero) is 2. The van der Waals surface area contributed by atoms with E-state index in [-0.39, 0.29) is 28.5 Å². The Morgan fingerprint density at radius 1 is 1.48 bits per heavy atom. The van der Waals surface area contributed by atoms with Crippen LogP contribution in [0.3, 0.4) is 0 Å². The first-order valence-electron chi connectivity index (χ1n) is 7.96. The fraction of sp³-hybridized carbons (Fsp3) is 0.333. The molecular weight excluding hydrogens is 270 g/mol. The maximum atomic E-state index is 12.9. The minimum absolute atomic E-state index is 0.0136. The normalized spacial score (nSPS) is 23.7. The van der Waals surface area contributed by atoms with E-state index in [1.165, 1.54) is 19.1 Å². The highest BCUT2D eigenvalue weighted by atomic mass is 16.2. The summed E-state index contributed by atoms with van der Waals surface area (Å²) >= 11 is 0. The number of carbonyl (C=O) groups excluding carboxylic acids is 2. The van der Waals surface area contributed by atoms with Crippen LogP contribution in [0.25, 0.3) is 10.9 Å². The molecule has 2 N–H and O–H groups in total. The van der Waals surface area contributed by atoms with Crippen LogP contribution >= 0.6 is 0 Å². The van der Waals surface area contributed by atoms with Gasteiger partial charge >= 0.3 is 0 Å². The summed E-state index contributed by atoms with van der Waals surface area (Å²) in [6.07, 6.45) is -3.05. The Labute approximate surface area is 124 Å². The van der Waals surface area contributed by atoms with Gasteiger partial charge in [-0.2, -0.15) is 0 Å². The molecule has 1 heterocycles. The van der Waals surface area contributed by atoms with Gasteiger partial charge < -0.3 is 5.73 Å². The first-order chi connectivity index (χ1) is 11.1. The van der Waals surface area contributed by atoms with Gasteiger partial charge in [0.15, 0.2) is 5.78 Å². The molecule has 0 radical (unpaired) electrons. The Balaban J connectivity index is 2.35. The lowest BCUT2D eigenvalue weighted by Crippen LogP contribution is -2.36. The van der Waals surface area contributed by atoms with Crippen LogP contribution in [-0.4, -0.2) is 21.1 Å². The molecule has 1 saturated carbocycles. The predicted octanol–water partition coefficient (Wildman–Crippen LogP) is 1.15. The molecule has 0 bridgehead atoms. The van der Waals surface area contributed by atoms with E-state index in [4.69, 9.17) is 9.85 Å². The SMILES string of the molecule is [2H]c1ccc(N)c2c(=O)n(C3C(=O)CC(=O)CC3([2H])[2H])c(C)nc12. The molecule has 3 rings (SSSR count). The minimum atomic E-state index is -2.19. The van der Waals surface area contributed by atoms with Crippen LogP contribution in [0.1, 0.15) is 35.2 Å². The molecule has 0 spiro atoms. The maximum absolute atomic E-state index is 12.9. The van der Waals surface area contributed by atoms with Crippen molar-refractivity contribution in [2.24, 2.45) is 0 Å². The standard InChI is InChI=1S/C15H15N3O3/c1-8-17-11-4-2-3-10(16)14(11)15(21)18(8)12-6-5-9(19)7-13(12)20/h2-4,12H,5-7,16H2,1H3/i4D,6D2. The van der Waals surface area contributed by atoms with Crippen molar-refractivity contribution in [2.45, 2.75) is 32.2 Å². The summed E-state index contributed by atoms with van der Waals surface area (Å²) in [5.74, 6) is -1.06. The molecule has 0 saturated heterocycles. The van der Waals surface area contributed by atoms with E-state index in [1.807, 2.05) is 0 Å². The number of aromatic nitrogens is 2. The van der Waals surface area contributed by atoms with Crippen molar-refractivity contribution >= 4 is 28.2 Å². The van der Waals surface area contributed by atoms with Crippen LogP contribution in [0.15, 0.2) is 23.0 Å². The predicted molar refractivity (Wildman–Crippen MR) is 78.1 cm³/mol. The van der Waals surface area contributed by atoms with Crippen molar-refractivity contribution in [2.75, 3.05) is 5.73 Å². The molecule has 21 heavy (non-hydrogen) atoms. The summed E-state index contributed by atoms with van der Waals surface area (Å²) in [6.45, 7) is 1.46. The van der Waals surface area contributed by atoms with Crippen molar-refractivity contribution in [1.29, 1.82) is 0 Å². The van der Waals surface area contributed by atoms with Gasteiger partial charge in [0.1, 0.15) is 11.6 Å². The Morgan fingerprint density at radius 3 is 2.95 bits per heavy atom. The molecule has 6 heteroatoms. The van der Waals surface area contributed by atoms with E-state index in [1.54, 1.807) is 0 Å². The summed E-state index contributed by atoms with van der Waals surface area (Å²) in [5, 5.41) is -0.0198. The lowest BCUT2D eigenvalue weighted by atomic mass is 9.92. The van der Waals surface area contributed by atoms with Crippen LogP contribution < -0.4 is 11.3 Å². The Morgan fingerprint density at radius 2 is 2.24 bits per heavy atom. The lowest BCUT2D eigenvalue weighted by Gasteiger charge is -2.24. The van der Waals surface area contributed by atoms with Crippen molar-refractivity contribution < 1.29 is 13.7 Å². The van der Waals surface area contributed by atoms with Gasteiger partial charge in [0.05, 0.1) is 24.7 Å². The average molecular weight is 288 g/mol. The van der Waals surface area contributed by atoms with Crippen molar-refractivity contribution in [3.63, 3.8) is 0 Å². The fourth-order valence-electron chi connectivity index (χ4n) is 2.52. The van der Waals surface area contributed by atoms with E-state index in [0.29, 0.717) is 0 Å². The number of anilines is 1. The highest BCUT2D eigenvalue weighted by Gasteiger charge is 2.30. The third-order valence-corrected chi connectivity index (χ3v) is 3.49. The zero-order valence-electron chi connectivity index (χ0n) is 14.3. The molecular formula is C15H15N3O3. The van der Waals surface area contributed by atoms with Crippen molar-refractivity contribution in [3.05, 3.63) is 34.4 Å². The van der Waals surface area contributed by atoms with E-state index >= 15 is 0 Å². The van der Waals surface area contributed by atoms with Gasteiger partial charge in [-0.1, -0.05) is 6.07 Å². The smallest absolute Gasteiger partial charge is 0.264 e. The van der Waals surface area contributed by atoms with Crippen LogP contribution in [0, 0.1) is 6.92 Å². The van der Waals surface area contributed by atoms with Crippen LogP contribution in [0.4, 0.5) is 5.69 Å². The number of aryl methyl sites for hydroxylation is 1. The molecule has 1 aromatic carbocycles. The summed E-state index contributed by atoms with van der Waals surface area (Å²) in [7, 11) is 0. The number of hydrogen-bond acceptors (Lipinski definition) is 5. The number of fused-ring (bicyclic) bond motifs is 1. The third-order valence-electron chi connectivity index (χ3n) is 3.49. The van der Waals surface area contributed by atoms with E-state index in [9.17, 15) is 14.4 Å². The van der Waals surface area contributed by atoms with Gasteiger partial charge in [-0.05, 0) is 25.4 Å². The minimum Gasteiger partial charge on any atom is -0.398 e. The van der Waals surface area contributed by atoms with Gasteiger partial charge in [0.25, 0.3) is 5.56 Å². The highest BCUT2D eigenvalue weighted by Crippen LogP contribution is 2.24. The number of nitrogens with two attached hydrogens (primary N) is 1. The molecule has 1 unspecified atom stereocenters. The molecule has 1 aliphatic carbocycles. The Hall–Kier alpha value is -2.50. The van der Waals surface area contributed by atoms with Gasteiger partial charge in [0, 0.05) is 14.8 Å². The molecule has 108 valence electrons. The van der Waals surface area contributed by atoms with Crippen LogP contribution in [0.2, 0.25) is 0 Å². The molecule has 1 aliphatic rings. The largest absolute Gasteiger partial charge is 0.398 e. The summed E-state index contributed by atoms with van der Waals surface area (Å²) < 4.78 is 24.9. The zero-order valence-corrected chi connectivity index (χ0v) is 11.3. The summed E-state index contributed by atoms with van der Waals surface area (Å²) in [6, 6.07) is 1.39. The number of hydrogen-bond donors (Lipinski definition) is 1. The molecule has 1 aromatic heterocycles. The first-order valence-corrected chi connectivity index (χ1v) is 6.46. The fourth-order valence-corrected chi connectivity index (χ4v) is 2.52. The van der Waals surface area contributed by atoms with Crippen molar-refractivity contribution in [1.82, 2.24) is 9.55 Å². The second kappa shape index (κ2) is 4.80. The lowest BCUT2D eigenvalue weighted by molar-refractivity contribution is -0.132. The second-order valence-electron chi connectivity index (χ2n) is 4.96. The monoisotopic (exact) mass is 288 g/mol. The number of benzene rings is 1. The third kappa shape index (κ3) is 2.12. The van der Waals surface area contributed by atoms with Gasteiger partial charge in [0.2, 0.25) is 0 Å². The van der Waals surface area contributed by atoms with E-state index in [0.717, 1.165) is 4.57 Å². The van der Waals surface area contributed by atoms with E-state index in [2.05, 4.69) is 4.98 Å². The quantitative estimate of drug-likeness (QED) is 0.627. The highest BCUT2D eigenvalue weighted by molar-refractivity contribution is 6.03. The van der Waals surface area contributed by atoms with Gasteiger partial charge in [-0.15, -0.1) is 0 Å². The second-order valence-corrected chi connectivity index (χ2v) is 4.96. The topological polar surface area (TPSA) is 95.0 Å². The number of nitrogens with zero attached hydrogens (tertiary/aromatic N) is 2. The first kappa shape index (κ1) is 10.3. The molecule has 6 nitrogen and oxygen atoms in total. The molecule has 0 amide bonds. The Kier molecular flexibility index (Phi) is 2.35. The molecule has 2 aromatic rings. The van der Waals surface area contributed by atoms with Gasteiger partial charge in [-0.3, -0.25) is 19.0 Å². The summed E-state index contributed by atoms with van der Waals surface area (Å²) in [4.78, 5) is 40.9. The van der Waals surface area contributed by atoms with Crippen molar-refractivity contribution in [3.8, 4) is 0 Å². The van der Waals surface area contributed by atoms with E-state index < -0.39 is 42.4 Å². The van der Waals surface area contributed by atoms with Crippen LogP contribution in [-0.2, 0) is 9.59 Å². The number of rotatable bonds is 1. The summed E-state index contributed by atoms with van der Waals surface area (Å²) in [5.41, 5.74) is 5.36. The Bertz CT molecular complexity index is 952. The van der Waals surface area contributed by atoms with Gasteiger partial charge in [-0.25, -0.2) is 4.98 Å². The number of carbonyl (C=O) groups is 2. The molecule has 1 fully saturated rings. The maximum Gasteiger partial charge on any atom is 0.264 e. The average Bonchev–Trinajstić information content (AvgIpc) is 2.44. The molecule has 0 aliphatic heterocycles. The number of ketones is 2. The molecule has 1 atom stereocenters.